The second kappa shape index (κ2) is 8.82. The average Bonchev–Trinajstić information content (AvgIpc) is 3.35. The van der Waals surface area contributed by atoms with E-state index in [9.17, 15) is 19.1 Å². The van der Waals surface area contributed by atoms with Gasteiger partial charge in [-0.3, -0.25) is 14.5 Å². The number of amides is 1. The Bertz CT molecular complexity index is 1240. The van der Waals surface area contributed by atoms with Crippen LogP contribution in [-0.2, 0) is 9.59 Å². The van der Waals surface area contributed by atoms with Crippen LogP contribution in [0.25, 0.3) is 5.76 Å². The SMILES string of the molecule is CCOc1ccc(N2C(=O)C(=O)/C(=C(/O)c3cc(F)ccc3OC)C2c2ccc(C)o2)cc1. The smallest absolute Gasteiger partial charge is 0.300 e. The summed E-state index contributed by atoms with van der Waals surface area (Å²) in [6.45, 7) is 4.06. The Labute approximate surface area is 189 Å². The van der Waals surface area contributed by atoms with Crippen molar-refractivity contribution in [3.63, 3.8) is 0 Å². The zero-order chi connectivity index (χ0) is 23.7. The van der Waals surface area contributed by atoms with Crippen LogP contribution in [0.3, 0.4) is 0 Å². The summed E-state index contributed by atoms with van der Waals surface area (Å²) in [7, 11) is 1.36. The first kappa shape index (κ1) is 22.1. The molecule has 0 aliphatic carbocycles. The van der Waals surface area contributed by atoms with E-state index in [1.54, 1.807) is 43.3 Å². The molecule has 1 N–H and O–H groups in total. The molecule has 1 aromatic heterocycles. The number of hydrogen-bond acceptors (Lipinski definition) is 6. The van der Waals surface area contributed by atoms with Crippen molar-refractivity contribution >= 4 is 23.1 Å². The Hall–Kier alpha value is -4.07. The molecule has 1 amide bonds. The topological polar surface area (TPSA) is 89.2 Å². The van der Waals surface area contributed by atoms with Crippen molar-refractivity contribution in [1.82, 2.24) is 0 Å². The molecule has 1 aliphatic heterocycles. The summed E-state index contributed by atoms with van der Waals surface area (Å²) < 4.78 is 30.4. The molecule has 1 aliphatic rings. The number of benzene rings is 2. The van der Waals surface area contributed by atoms with Gasteiger partial charge in [-0.25, -0.2) is 4.39 Å². The Balaban J connectivity index is 1.91. The number of aliphatic hydroxyl groups excluding tert-OH is 1. The molecular formula is C25H22FNO6. The number of hydrogen-bond donors (Lipinski definition) is 1. The zero-order valence-electron chi connectivity index (χ0n) is 18.3. The van der Waals surface area contributed by atoms with E-state index in [2.05, 4.69) is 0 Å². The van der Waals surface area contributed by atoms with Gasteiger partial charge in [-0.05, 0) is 68.4 Å². The minimum absolute atomic E-state index is 0.0459. The quantitative estimate of drug-likeness (QED) is 0.330. The predicted octanol–water partition coefficient (Wildman–Crippen LogP) is 4.76. The highest BCUT2D eigenvalue weighted by atomic mass is 19.1. The Morgan fingerprint density at radius 1 is 1.12 bits per heavy atom. The molecule has 0 bridgehead atoms. The Morgan fingerprint density at radius 2 is 1.85 bits per heavy atom. The third-order valence-corrected chi connectivity index (χ3v) is 5.32. The van der Waals surface area contributed by atoms with Crippen molar-refractivity contribution in [3.8, 4) is 11.5 Å². The molecule has 4 rings (SSSR count). The number of rotatable bonds is 6. The molecule has 3 aromatic rings. The van der Waals surface area contributed by atoms with Crippen LogP contribution in [0.4, 0.5) is 10.1 Å². The van der Waals surface area contributed by atoms with Gasteiger partial charge in [-0.15, -0.1) is 0 Å². The summed E-state index contributed by atoms with van der Waals surface area (Å²) in [4.78, 5) is 27.5. The molecular weight excluding hydrogens is 429 g/mol. The van der Waals surface area contributed by atoms with Gasteiger partial charge in [-0.1, -0.05) is 0 Å². The summed E-state index contributed by atoms with van der Waals surface area (Å²) in [6, 6.07) is 12.4. The molecule has 170 valence electrons. The number of aliphatic hydroxyl groups is 1. The third-order valence-electron chi connectivity index (χ3n) is 5.32. The lowest BCUT2D eigenvalue weighted by molar-refractivity contribution is -0.132. The van der Waals surface area contributed by atoms with Crippen LogP contribution in [0, 0.1) is 12.7 Å². The number of furan rings is 1. The first-order valence-corrected chi connectivity index (χ1v) is 10.3. The van der Waals surface area contributed by atoms with Gasteiger partial charge < -0.3 is 19.0 Å². The molecule has 33 heavy (non-hydrogen) atoms. The van der Waals surface area contributed by atoms with Crippen molar-refractivity contribution in [2.24, 2.45) is 0 Å². The number of ether oxygens (including phenoxy) is 2. The monoisotopic (exact) mass is 451 g/mol. The summed E-state index contributed by atoms with van der Waals surface area (Å²) in [5.41, 5.74) is 0.132. The van der Waals surface area contributed by atoms with Crippen LogP contribution in [-0.4, -0.2) is 30.5 Å². The summed E-state index contributed by atoms with van der Waals surface area (Å²) in [5, 5.41) is 11.1. The highest BCUT2D eigenvalue weighted by molar-refractivity contribution is 6.51. The normalized spacial score (nSPS) is 17.5. The van der Waals surface area contributed by atoms with Crippen LogP contribution >= 0.6 is 0 Å². The number of ketones is 1. The molecule has 8 heteroatoms. The van der Waals surface area contributed by atoms with E-state index in [1.807, 2.05) is 6.92 Å². The van der Waals surface area contributed by atoms with Crippen molar-refractivity contribution in [2.45, 2.75) is 19.9 Å². The van der Waals surface area contributed by atoms with Gasteiger partial charge in [0.1, 0.15) is 40.6 Å². The van der Waals surface area contributed by atoms with Crippen molar-refractivity contribution in [3.05, 3.63) is 83.1 Å². The number of methoxy groups -OCH3 is 1. The fourth-order valence-electron chi connectivity index (χ4n) is 3.85. The largest absolute Gasteiger partial charge is 0.507 e. The van der Waals surface area contributed by atoms with Crippen molar-refractivity contribution in [2.75, 3.05) is 18.6 Å². The number of anilines is 1. The lowest BCUT2D eigenvalue weighted by Crippen LogP contribution is -2.29. The fourth-order valence-corrected chi connectivity index (χ4v) is 3.85. The fraction of sp³-hybridized carbons (Fsp3) is 0.200. The second-order valence-corrected chi connectivity index (χ2v) is 7.39. The summed E-state index contributed by atoms with van der Waals surface area (Å²) in [5.74, 6) is -1.38. The first-order valence-electron chi connectivity index (χ1n) is 10.3. The number of halogens is 1. The molecule has 0 radical (unpaired) electrons. The molecule has 1 atom stereocenters. The van der Waals surface area contributed by atoms with Gasteiger partial charge in [0.15, 0.2) is 0 Å². The van der Waals surface area contributed by atoms with Gasteiger partial charge in [0.25, 0.3) is 11.7 Å². The molecule has 1 unspecified atom stereocenters. The molecule has 2 aromatic carbocycles. The lowest BCUT2D eigenvalue weighted by atomic mass is 9.98. The number of Topliss-reactive ketones (excluding diaryl/α,β-unsaturated/α-hetero) is 1. The first-order chi connectivity index (χ1) is 15.8. The van der Waals surface area contributed by atoms with Crippen LogP contribution in [0.15, 0.2) is 64.6 Å². The Kier molecular flexibility index (Phi) is 5.91. The maximum absolute atomic E-state index is 14.0. The van der Waals surface area contributed by atoms with Crippen molar-refractivity contribution < 1.29 is 33.0 Å². The third kappa shape index (κ3) is 3.95. The molecule has 0 spiro atoms. The van der Waals surface area contributed by atoms with Gasteiger partial charge in [0.05, 0.1) is 24.9 Å². The molecule has 2 heterocycles. The number of nitrogens with zero attached hydrogens (tertiary/aromatic N) is 1. The van der Waals surface area contributed by atoms with E-state index in [0.29, 0.717) is 23.8 Å². The van der Waals surface area contributed by atoms with Gasteiger partial charge in [-0.2, -0.15) is 0 Å². The lowest BCUT2D eigenvalue weighted by Gasteiger charge is -2.23. The predicted molar refractivity (Wildman–Crippen MR) is 119 cm³/mol. The molecule has 0 saturated carbocycles. The molecule has 1 fully saturated rings. The maximum Gasteiger partial charge on any atom is 0.300 e. The van der Waals surface area contributed by atoms with Gasteiger partial charge >= 0.3 is 0 Å². The van der Waals surface area contributed by atoms with Crippen LogP contribution in [0.5, 0.6) is 11.5 Å². The number of aryl methyl sites for hydroxylation is 1. The average molecular weight is 451 g/mol. The van der Waals surface area contributed by atoms with E-state index in [-0.39, 0.29) is 22.6 Å². The van der Waals surface area contributed by atoms with Gasteiger partial charge in [0, 0.05) is 5.69 Å². The van der Waals surface area contributed by atoms with E-state index in [0.717, 1.165) is 6.07 Å². The highest BCUT2D eigenvalue weighted by Crippen LogP contribution is 2.44. The summed E-state index contributed by atoms with van der Waals surface area (Å²) >= 11 is 0. The summed E-state index contributed by atoms with van der Waals surface area (Å²) in [6.07, 6.45) is 0. The molecule has 1 saturated heterocycles. The number of carbonyl (C=O) groups is 2. The van der Waals surface area contributed by atoms with E-state index in [1.165, 1.54) is 24.1 Å². The van der Waals surface area contributed by atoms with Crippen LogP contribution in [0.1, 0.15) is 30.0 Å². The zero-order valence-corrected chi connectivity index (χ0v) is 18.3. The van der Waals surface area contributed by atoms with Gasteiger partial charge in [0.2, 0.25) is 0 Å². The maximum atomic E-state index is 14.0. The minimum Gasteiger partial charge on any atom is -0.507 e. The second-order valence-electron chi connectivity index (χ2n) is 7.39. The van der Waals surface area contributed by atoms with E-state index in [4.69, 9.17) is 13.9 Å². The Morgan fingerprint density at radius 3 is 2.45 bits per heavy atom. The number of carbonyl (C=O) groups excluding carboxylic acids is 2. The van der Waals surface area contributed by atoms with E-state index >= 15 is 0 Å². The minimum atomic E-state index is -1.07. The highest BCUT2D eigenvalue weighted by Gasteiger charge is 2.48. The van der Waals surface area contributed by atoms with E-state index < -0.39 is 29.3 Å². The standard InChI is InChI=1S/C25H22FNO6/c1-4-32-17-9-7-16(8-10-17)27-22(20-11-5-14(2)33-20)21(24(29)25(27)30)23(28)18-13-15(26)6-12-19(18)31-3/h5-13,22,28H,4H2,1-3H3/b23-21+. The van der Waals surface area contributed by atoms with Crippen molar-refractivity contribution in [1.29, 1.82) is 0 Å². The van der Waals surface area contributed by atoms with Crippen LogP contribution < -0.4 is 14.4 Å². The van der Waals surface area contributed by atoms with Crippen LogP contribution in [0.2, 0.25) is 0 Å². The molecule has 7 nitrogen and oxygen atoms in total.